The van der Waals surface area contributed by atoms with Crippen LogP contribution in [0.4, 0.5) is 5.69 Å². The van der Waals surface area contributed by atoms with Crippen LogP contribution in [0.25, 0.3) is 0 Å². The number of piperazine rings is 1. The van der Waals surface area contributed by atoms with E-state index in [-0.39, 0.29) is 0 Å². The van der Waals surface area contributed by atoms with Crippen molar-refractivity contribution in [1.29, 1.82) is 0 Å². The summed E-state index contributed by atoms with van der Waals surface area (Å²) >= 11 is 0. The van der Waals surface area contributed by atoms with Crippen LogP contribution in [-0.4, -0.2) is 71.9 Å². The molecule has 2 aromatic carbocycles. The van der Waals surface area contributed by atoms with E-state index in [1.165, 1.54) is 10.6 Å². The van der Waals surface area contributed by atoms with Gasteiger partial charge < -0.3 is 33.9 Å². The van der Waals surface area contributed by atoms with Crippen molar-refractivity contribution in [3.8, 4) is 17.2 Å². The normalized spacial score (nSPS) is 15.7. The minimum Gasteiger partial charge on any atom is -0.497 e. The Balaban J connectivity index is 1.38. The Kier molecular flexibility index (Phi) is 8.19. The molecule has 1 fully saturated rings. The Bertz CT molecular complexity index is 776. The first-order valence-electron chi connectivity index (χ1n) is 10.3. The van der Waals surface area contributed by atoms with Crippen LogP contribution in [0.3, 0.4) is 0 Å². The maximum atomic E-state index is 10.4. The second kappa shape index (κ2) is 11.1. The van der Waals surface area contributed by atoms with Gasteiger partial charge in [-0.15, -0.1) is 0 Å². The average molecular weight is 418 g/mol. The lowest BCUT2D eigenvalue weighted by molar-refractivity contribution is -0.903. The molecule has 0 saturated carbocycles. The number of nitrogens with zero attached hydrogens (tertiary/aromatic N) is 1. The molecule has 0 aliphatic carbocycles. The van der Waals surface area contributed by atoms with Crippen LogP contribution in [0.1, 0.15) is 5.56 Å². The highest BCUT2D eigenvalue weighted by atomic mass is 16.5. The number of aliphatic hydroxyl groups excluding tert-OH is 1. The first-order valence-corrected chi connectivity index (χ1v) is 10.3. The SMILES string of the molecule is COc1ccc(N2CC[NH+](C[C@H](O)COCc3ccc(OC)c(OC)c3)CC2)cc1. The Hall–Kier alpha value is -2.48. The van der Waals surface area contributed by atoms with Gasteiger partial charge in [-0.05, 0) is 42.0 Å². The molecule has 1 atom stereocenters. The lowest BCUT2D eigenvalue weighted by atomic mass is 10.2. The largest absolute Gasteiger partial charge is 0.497 e. The van der Waals surface area contributed by atoms with Gasteiger partial charge in [0.1, 0.15) is 18.4 Å². The number of hydrogen-bond acceptors (Lipinski definition) is 6. The number of benzene rings is 2. The third-order valence-electron chi connectivity index (χ3n) is 5.46. The number of hydrogen-bond donors (Lipinski definition) is 2. The number of methoxy groups -OCH3 is 3. The van der Waals surface area contributed by atoms with Crippen LogP contribution >= 0.6 is 0 Å². The molecule has 0 aromatic heterocycles. The molecule has 7 nitrogen and oxygen atoms in total. The van der Waals surface area contributed by atoms with E-state index in [0.717, 1.165) is 37.5 Å². The van der Waals surface area contributed by atoms with Crippen LogP contribution in [0.2, 0.25) is 0 Å². The van der Waals surface area contributed by atoms with E-state index < -0.39 is 6.10 Å². The van der Waals surface area contributed by atoms with Crippen LogP contribution < -0.4 is 24.0 Å². The van der Waals surface area contributed by atoms with Crippen LogP contribution in [0.15, 0.2) is 42.5 Å². The highest BCUT2D eigenvalue weighted by Gasteiger charge is 2.22. The molecule has 0 unspecified atom stereocenters. The van der Waals surface area contributed by atoms with E-state index in [1.54, 1.807) is 21.3 Å². The topological polar surface area (TPSA) is 64.8 Å². The molecule has 30 heavy (non-hydrogen) atoms. The fourth-order valence-corrected chi connectivity index (χ4v) is 3.75. The van der Waals surface area contributed by atoms with E-state index >= 15 is 0 Å². The van der Waals surface area contributed by atoms with Crippen LogP contribution in [0, 0.1) is 0 Å². The smallest absolute Gasteiger partial charge is 0.161 e. The number of nitrogens with one attached hydrogen (secondary N) is 1. The molecule has 164 valence electrons. The lowest BCUT2D eigenvalue weighted by Gasteiger charge is -2.34. The van der Waals surface area contributed by atoms with Gasteiger partial charge in [-0.25, -0.2) is 0 Å². The Morgan fingerprint density at radius 3 is 2.27 bits per heavy atom. The van der Waals surface area contributed by atoms with Gasteiger partial charge in [0.05, 0.1) is 60.7 Å². The summed E-state index contributed by atoms with van der Waals surface area (Å²) in [5.74, 6) is 2.25. The third kappa shape index (κ3) is 6.01. The molecule has 1 aliphatic heterocycles. The van der Waals surface area contributed by atoms with Crippen molar-refractivity contribution in [2.75, 3.05) is 65.6 Å². The van der Waals surface area contributed by atoms with Gasteiger partial charge in [-0.2, -0.15) is 0 Å². The average Bonchev–Trinajstić information content (AvgIpc) is 2.79. The van der Waals surface area contributed by atoms with Gasteiger partial charge in [-0.1, -0.05) is 6.07 Å². The lowest BCUT2D eigenvalue weighted by Crippen LogP contribution is -3.16. The first kappa shape index (κ1) is 22.2. The Morgan fingerprint density at radius 2 is 1.63 bits per heavy atom. The summed E-state index contributed by atoms with van der Waals surface area (Å²) in [4.78, 5) is 3.78. The molecule has 1 aliphatic rings. The van der Waals surface area contributed by atoms with Crippen molar-refractivity contribution in [1.82, 2.24) is 0 Å². The summed E-state index contributed by atoms with van der Waals surface area (Å²) in [5, 5.41) is 10.4. The number of anilines is 1. The van der Waals surface area contributed by atoms with Crippen molar-refractivity contribution in [3.05, 3.63) is 48.0 Å². The van der Waals surface area contributed by atoms with Crippen molar-refractivity contribution in [3.63, 3.8) is 0 Å². The van der Waals surface area contributed by atoms with Crippen molar-refractivity contribution in [2.24, 2.45) is 0 Å². The molecule has 1 saturated heterocycles. The van der Waals surface area contributed by atoms with E-state index in [0.29, 0.717) is 31.3 Å². The molecule has 0 bridgehead atoms. The zero-order chi connectivity index (χ0) is 21.3. The highest BCUT2D eigenvalue weighted by Crippen LogP contribution is 2.27. The molecule has 0 spiro atoms. The van der Waals surface area contributed by atoms with E-state index in [2.05, 4.69) is 17.0 Å². The number of rotatable bonds is 10. The fraction of sp³-hybridized carbons (Fsp3) is 0.478. The molecule has 0 radical (unpaired) electrons. The molecule has 2 aromatic rings. The standard InChI is InChI=1S/C23H32N2O5/c1-27-21-7-5-19(6-8-21)25-12-10-24(11-13-25)15-20(26)17-30-16-18-4-9-22(28-2)23(14-18)29-3/h4-9,14,20,26H,10-13,15-17H2,1-3H3/p+1/t20-/m0/s1. The van der Waals surface area contributed by atoms with Gasteiger partial charge >= 0.3 is 0 Å². The van der Waals surface area contributed by atoms with E-state index in [1.807, 2.05) is 30.3 Å². The second-order valence-corrected chi connectivity index (χ2v) is 7.50. The van der Waals surface area contributed by atoms with E-state index in [9.17, 15) is 5.11 Å². The first-order chi connectivity index (χ1) is 14.6. The zero-order valence-corrected chi connectivity index (χ0v) is 18.1. The summed E-state index contributed by atoms with van der Waals surface area (Å²) in [6.45, 7) is 5.39. The zero-order valence-electron chi connectivity index (χ0n) is 18.1. The minimum atomic E-state index is -0.479. The maximum Gasteiger partial charge on any atom is 0.161 e. The number of ether oxygens (including phenoxy) is 4. The fourth-order valence-electron chi connectivity index (χ4n) is 3.75. The van der Waals surface area contributed by atoms with Gasteiger partial charge in [-0.3, -0.25) is 0 Å². The van der Waals surface area contributed by atoms with Crippen molar-refractivity contribution < 1.29 is 29.0 Å². The monoisotopic (exact) mass is 417 g/mol. The van der Waals surface area contributed by atoms with Gasteiger partial charge in [0.15, 0.2) is 11.5 Å². The van der Waals surface area contributed by atoms with E-state index in [4.69, 9.17) is 18.9 Å². The van der Waals surface area contributed by atoms with Crippen LogP contribution in [-0.2, 0) is 11.3 Å². The van der Waals surface area contributed by atoms with Crippen molar-refractivity contribution in [2.45, 2.75) is 12.7 Å². The van der Waals surface area contributed by atoms with Gasteiger partial charge in [0, 0.05) is 5.69 Å². The molecule has 7 heteroatoms. The molecular formula is C23H33N2O5+. The Labute approximate surface area is 178 Å². The molecule has 0 amide bonds. The second-order valence-electron chi connectivity index (χ2n) is 7.50. The van der Waals surface area contributed by atoms with Crippen molar-refractivity contribution >= 4 is 5.69 Å². The quantitative estimate of drug-likeness (QED) is 0.601. The number of quaternary nitrogens is 1. The summed E-state index contributed by atoms with van der Waals surface area (Å²) < 4.78 is 21.5. The number of aliphatic hydroxyl groups is 1. The molecule has 1 heterocycles. The summed E-state index contributed by atoms with van der Waals surface area (Å²) in [6, 6.07) is 13.9. The minimum absolute atomic E-state index is 0.319. The molecule has 3 rings (SSSR count). The van der Waals surface area contributed by atoms with Crippen LogP contribution in [0.5, 0.6) is 17.2 Å². The Morgan fingerprint density at radius 1 is 0.933 bits per heavy atom. The highest BCUT2D eigenvalue weighted by molar-refractivity contribution is 5.49. The third-order valence-corrected chi connectivity index (χ3v) is 5.46. The maximum absolute atomic E-state index is 10.4. The van der Waals surface area contributed by atoms with Gasteiger partial charge in [0.25, 0.3) is 0 Å². The summed E-state index contributed by atoms with van der Waals surface area (Å²) in [5.41, 5.74) is 2.20. The van der Waals surface area contributed by atoms with Gasteiger partial charge in [0.2, 0.25) is 0 Å². The summed E-state index contributed by atoms with van der Waals surface area (Å²) in [7, 11) is 4.91. The predicted molar refractivity (Wildman–Crippen MR) is 116 cm³/mol. The molecular weight excluding hydrogens is 384 g/mol. The predicted octanol–water partition coefficient (Wildman–Crippen LogP) is 0.995. The molecule has 2 N–H and O–H groups in total. The summed E-state index contributed by atoms with van der Waals surface area (Å²) in [6.07, 6.45) is -0.479.